The van der Waals surface area contributed by atoms with Crippen molar-refractivity contribution in [2.24, 2.45) is 0 Å². The van der Waals surface area contributed by atoms with Crippen molar-refractivity contribution in [2.45, 2.75) is 24.5 Å². The minimum Gasteiger partial charge on any atom is -0.337 e. The lowest BCUT2D eigenvalue weighted by Crippen LogP contribution is -2.40. The normalized spacial score (nSPS) is 18.9. The van der Waals surface area contributed by atoms with E-state index in [2.05, 4.69) is 0 Å². The first-order chi connectivity index (χ1) is 13.8. The molecule has 0 aliphatic carbocycles. The van der Waals surface area contributed by atoms with Crippen LogP contribution in [-0.4, -0.2) is 46.5 Å². The number of hydrogen-bond donors (Lipinski definition) is 0. The van der Waals surface area contributed by atoms with Crippen LogP contribution < -0.4 is 0 Å². The van der Waals surface area contributed by atoms with Crippen LogP contribution in [0.2, 0.25) is 0 Å². The van der Waals surface area contributed by atoms with E-state index < -0.39 is 22.8 Å². The Morgan fingerprint density at radius 3 is 2.52 bits per heavy atom. The number of likely N-dealkylation sites (N-methyl/N-ethyl adjacent to an activating group) is 1. The fraction of sp³-hybridized carbons (Fsp3) is 0.333. The first-order valence-electron chi connectivity index (χ1n) is 9.27. The van der Waals surface area contributed by atoms with E-state index in [1.165, 1.54) is 51.9 Å². The van der Waals surface area contributed by atoms with Crippen LogP contribution in [0.4, 0.5) is 13.2 Å². The van der Waals surface area contributed by atoms with Crippen LogP contribution in [0, 0.1) is 17.5 Å². The minimum atomic E-state index is -0.711. The van der Waals surface area contributed by atoms with E-state index in [4.69, 9.17) is 0 Å². The number of halogens is 3. The topological polar surface area (TPSA) is 40.6 Å². The molecule has 1 aliphatic rings. The van der Waals surface area contributed by atoms with Crippen LogP contribution in [0.25, 0.3) is 0 Å². The van der Waals surface area contributed by atoms with E-state index in [0.29, 0.717) is 6.54 Å². The highest BCUT2D eigenvalue weighted by Crippen LogP contribution is 2.43. The summed E-state index contributed by atoms with van der Waals surface area (Å²) in [5.74, 6) is -2.41. The Balaban J connectivity index is 1.77. The molecule has 0 bridgehead atoms. The molecule has 1 aliphatic heterocycles. The van der Waals surface area contributed by atoms with Crippen molar-refractivity contribution in [3.05, 3.63) is 71.0 Å². The minimum absolute atomic E-state index is 0.169. The van der Waals surface area contributed by atoms with Gasteiger partial charge >= 0.3 is 0 Å². The number of rotatable bonds is 6. The third kappa shape index (κ3) is 4.58. The maximum absolute atomic E-state index is 14.3. The Labute approximate surface area is 171 Å². The highest BCUT2D eigenvalue weighted by atomic mass is 32.2. The standard InChI is InChI=1S/C21H21F3N2O2S/c1-3-25(20(28)14-5-4-6-15(22)11-14)9-10-26-19(27)13(2)29-21(26)17-8-7-16(23)12-18(17)24/h4-8,11-13,21H,3,9-10H2,1-2H3/t13-,21-/m1/s1. The summed E-state index contributed by atoms with van der Waals surface area (Å²) in [7, 11) is 0. The van der Waals surface area contributed by atoms with Gasteiger partial charge in [-0.25, -0.2) is 13.2 Å². The molecule has 29 heavy (non-hydrogen) atoms. The molecule has 2 atom stereocenters. The molecule has 4 nitrogen and oxygen atoms in total. The third-order valence-corrected chi connectivity index (χ3v) is 6.20. The highest BCUT2D eigenvalue weighted by Gasteiger charge is 2.39. The van der Waals surface area contributed by atoms with Gasteiger partial charge in [0.25, 0.3) is 5.91 Å². The Morgan fingerprint density at radius 1 is 1.14 bits per heavy atom. The molecule has 2 aromatic carbocycles. The number of carbonyl (C=O) groups excluding carboxylic acids is 2. The predicted molar refractivity (Wildman–Crippen MR) is 106 cm³/mol. The first kappa shape index (κ1) is 21.2. The van der Waals surface area contributed by atoms with Gasteiger partial charge in [-0.15, -0.1) is 11.8 Å². The van der Waals surface area contributed by atoms with Gasteiger partial charge in [0.2, 0.25) is 5.91 Å². The van der Waals surface area contributed by atoms with Crippen molar-refractivity contribution in [3.8, 4) is 0 Å². The molecule has 0 aromatic heterocycles. The highest BCUT2D eigenvalue weighted by molar-refractivity contribution is 8.01. The second kappa shape index (κ2) is 8.90. The molecule has 1 fully saturated rings. The molecule has 0 unspecified atom stereocenters. The first-order valence-corrected chi connectivity index (χ1v) is 10.2. The fourth-order valence-electron chi connectivity index (χ4n) is 3.28. The van der Waals surface area contributed by atoms with Crippen molar-refractivity contribution in [1.82, 2.24) is 9.80 Å². The van der Waals surface area contributed by atoms with Gasteiger partial charge < -0.3 is 9.80 Å². The smallest absolute Gasteiger partial charge is 0.254 e. The summed E-state index contributed by atoms with van der Waals surface area (Å²) in [4.78, 5) is 28.3. The van der Waals surface area contributed by atoms with E-state index in [1.54, 1.807) is 13.8 Å². The molecule has 0 saturated carbocycles. The summed E-state index contributed by atoms with van der Waals surface area (Å²) in [5, 5.41) is -0.973. The number of thioether (sulfide) groups is 1. The molecule has 0 spiro atoms. The lowest BCUT2D eigenvalue weighted by atomic mass is 10.1. The largest absolute Gasteiger partial charge is 0.337 e. The lowest BCUT2D eigenvalue weighted by molar-refractivity contribution is -0.130. The Morgan fingerprint density at radius 2 is 1.86 bits per heavy atom. The zero-order chi connectivity index (χ0) is 21.1. The lowest BCUT2D eigenvalue weighted by Gasteiger charge is -2.28. The van der Waals surface area contributed by atoms with E-state index in [0.717, 1.165) is 12.1 Å². The van der Waals surface area contributed by atoms with Crippen molar-refractivity contribution in [1.29, 1.82) is 0 Å². The maximum atomic E-state index is 14.3. The van der Waals surface area contributed by atoms with Crippen LogP contribution in [0.5, 0.6) is 0 Å². The van der Waals surface area contributed by atoms with Crippen molar-refractivity contribution >= 4 is 23.6 Å². The van der Waals surface area contributed by atoms with E-state index in [1.807, 2.05) is 0 Å². The van der Waals surface area contributed by atoms with Crippen molar-refractivity contribution in [3.63, 3.8) is 0 Å². The van der Waals surface area contributed by atoms with Crippen molar-refractivity contribution < 1.29 is 22.8 Å². The number of hydrogen-bond acceptors (Lipinski definition) is 3. The second-order valence-electron chi connectivity index (χ2n) is 6.72. The monoisotopic (exact) mass is 422 g/mol. The van der Waals surface area contributed by atoms with Gasteiger partial charge in [-0.05, 0) is 38.1 Å². The summed E-state index contributed by atoms with van der Waals surface area (Å²) in [5.41, 5.74) is 0.456. The SMILES string of the molecule is CCN(CCN1C(=O)[C@@H](C)S[C@@H]1c1ccc(F)cc1F)C(=O)c1cccc(F)c1. The summed E-state index contributed by atoms with van der Waals surface area (Å²) in [6, 6.07) is 8.73. The molecule has 0 radical (unpaired) electrons. The second-order valence-corrected chi connectivity index (χ2v) is 8.15. The van der Waals surface area contributed by atoms with Crippen LogP contribution >= 0.6 is 11.8 Å². The van der Waals surface area contributed by atoms with Gasteiger partial charge in [-0.1, -0.05) is 12.1 Å². The molecule has 154 valence electrons. The van der Waals surface area contributed by atoms with Crippen molar-refractivity contribution in [2.75, 3.05) is 19.6 Å². The quantitative estimate of drug-likeness (QED) is 0.700. The summed E-state index contributed by atoms with van der Waals surface area (Å²) < 4.78 is 41.0. The molecule has 1 saturated heterocycles. The Kier molecular flexibility index (Phi) is 6.52. The molecule has 8 heteroatoms. The Bertz CT molecular complexity index is 925. The van der Waals surface area contributed by atoms with Crippen LogP contribution in [0.1, 0.15) is 35.1 Å². The number of benzene rings is 2. The number of nitrogens with zero attached hydrogens (tertiary/aromatic N) is 2. The summed E-state index contributed by atoms with van der Waals surface area (Å²) in [6.07, 6.45) is 0. The van der Waals surface area contributed by atoms with Gasteiger partial charge in [-0.2, -0.15) is 0 Å². The molecule has 3 rings (SSSR count). The Hall–Kier alpha value is -2.48. The van der Waals surface area contributed by atoms with Gasteiger partial charge in [0.05, 0.1) is 5.25 Å². The number of amides is 2. The third-order valence-electron chi connectivity index (χ3n) is 4.83. The maximum Gasteiger partial charge on any atom is 0.254 e. The average Bonchev–Trinajstić information content (AvgIpc) is 2.96. The zero-order valence-electron chi connectivity index (χ0n) is 16.1. The molecule has 0 N–H and O–H groups in total. The van der Waals surface area contributed by atoms with Crippen LogP contribution in [0.3, 0.4) is 0 Å². The van der Waals surface area contributed by atoms with E-state index >= 15 is 0 Å². The molecule has 1 heterocycles. The summed E-state index contributed by atoms with van der Waals surface area (Å²) in [6.45, 7) is 4.29. The molecule has 2 aromatic rings. The molecular weight excluding hydrogens is 401 g/mol. The molecule has 2 amide bonds. The van der Waals surface area contributed by atoms with Crippen LogP contribution in [-0.2, 0) is 4.79 Å². The predicted octanol–water partition coefficient (Wildman–Crippen LogP) is 4.23. The van der Waals surface area contributed by atoms with E-state index in [-0.39, 0.29) is 41.3 Å². The average molecular weight is 422 g/mol. The van der Waals surface area contributed by atoms with Crippen LogP contribution in [0.15, 0.2) is 42.5 Å². The van der Waals surface area contributed by atoms with Gasteiger partial charge in [0, 0.05) is 36.8 Å². The van der Waals surface area contributed by atoms with E-state index in [9.17, 15) is 22.8 Å². The number of carbonyl (C=O) groups is 2. The molecular formula is C21H21F3N2O2S. The fourth-order valence-corrected chi connectivity index (χ4v) is 4.61. The summed E-state index contributed by atoms with van der Waals surface area (Å²) >= 11 is 1.28. The zero-order valence-corrected chi connectivity index (χ0v) is 16.9. The van der Waals surface area contributed by atoms with Gasteiger partial charge in [-0.3, -0.25) is 9.59 Å². The van der Waals surface area contributed by atoms with Gasteiger partial charge in [0.15, 0.2) is 0 Å². The van der Waals surface area contributed by atoms with Gasteiger partial charge in [0.1, 0.15) is 22.8 Å².